The van der Waals surface area contributed by atoms with Crippen LogP contribution in [0.5, 0.6) is 0 Å². The van der Waals surface area contributed by atoms with E-state index in [4.69, 9.17) is 23.2 Å². The Kier molecular flexibility index (Phi) is 3.83. The van der Waals surface area contributed by atoms with Gasteiger partial charge in [0.2, 0.25) is 0 Å². The quantitative estimate of drug-likeness (QED) is 0.553. The van der Waals surface area contributed by atoms with Crippen LogP contribution in [0.25, 0.3) is 10.9 Å². The number of para-hydroxylation sites is 1. The molecule has 22 heavy (non-hydrogen) atoms. The molecule has 3 aromatic rings. The number of nitrogens with zero attached hydrogens (tertiary/aromatic N) is 1. The second kappa shape index (κ2) is 5.52. The second-order valence-electron chi connectivity index (χ2n) is 4.81. The molecule has 0 spiro atoms. The number of rotatable bonds is 2. The third-order valence-corrected chi connectivity index (χ3v) is 3.92. The number of fused-ring (bicyclic) bond motifs is 1. The Morgan fingerprint density at radius 1 is 1.05 bits per heavy atom. The maximum atomic E-state index is 13.2. The van der Waals surface area contributed by atoms with Crippen molar-refractivity contribution in [1.82, 2.24) is 4.57 Å². The van der Waals surface area contributed by atoms with Crippen molar-refractivity contribution in [2.45, 2.75) is 12.7 Å². The second-order valence-corrected chi connectivity index (χ2v) is 5.65. The zero-order chi connectivity index (χ0) is 15.9. The van der Waals surface area contributed by atoms with E-state index in [1.165, 1.54) is 10.6 Å². The predicted octanol–water partition coefficient (Wildman–Crippen LogP) is 5.82. The summed E-state index contributed by atoms with van der Waals surface area (Å²) in [5, 5.41) is 1.19. The minimum atomic E-state index is -4.49. The molecule has 0 saturated carbocycles. The van der Waals surface area contributed by atoms with Crippen molar-refractivity contribution >= 4 is 34.1 Å². The largest absolute Gasteiger partial charge is 0.432 e. The van der Waals surface area contributed by atoms with Crippen LogP contribution in [0.3, 0.4) is 0 Å². The van der Waals surface area contributed by atoms with Gasteiger partial charge in [-0.3, -0.25) is 0 Å². The SMILES string of the molecule is FC(F)(F)c1[c]c2ccccc2n1Cc1ccc(Cl)cc1Cl. The first-order valence-electron chi connectivity index (χ1n) is 6.38. The highest BCUT2D eigenvalue weighted by atomic mass is 35.5. The fourth-order valence-corrected chi connectivity index (χ4v) is 2.81. The first-order chi connectivity index (χ1) is 10.4. The Labute approximate surface area is 134 Å². The van der Waals surface area contributed by atoms with Gasteiger partial charge in [-0.1, -0.05) is 47.5 Å². The summed E-state index contributed by atoms with van der Waals surface area (Å²) in [6.07, 6.45) is -4.49. The number of halogens is 5. The molecule has 0 N–H and O–H groups in total. The van der Waals surface area contributed by atoms with Crippen LogP contribution in [0.1, 0.15) is 11.3 Å². The monoisotopic (exact) mass is 342 g/mol. The van der Waals surface area contributed by atoms with Gasteiger partial charge in [-0.15, -0.1) is 0 Å². The van der Waals surface area contributed by atoms with Crippen LogP contribution in [0, 0.1) is 6.07 Å². The van der Waals surface area contributed by atoms with E-state index in [0.717, 1.165) is 0 Å². The van der Waals surface area contributed by atoms with Crippen LogP contribution >= 0.6 is 23.2 Å². The minimum Gasteiger partial charge on any atom is -0.332 e. The lowest BCUT2D eigenvalue weighted by Crippen LogP contribution is -2.14. The van der Waals surface area contributed by atoms with E-state index in [-0.39, 0.29) is 6.54 Å². The van der Waals surface area contributed by atoms with Crippen LogP contribution in [0.15, 0.2) is 42.5 Å². The summed E-state index contributed by atoms with van der Waals surface area (Å²) in [6.45, 7) is -0.00510. The molecule has 113 valence electrons. The summed E-state index contributed by atoms with van der Waals surface area (Å²) >= 11 is 11.9. The van der Waals surface area contributed by atoms with Crippen LogP contribution in [0.4, 0.5) is 13.2 Å². The highest BCUT2D eigenvalue weighted by Crippen LogP contribution is 2.34. The maximum absolute atomic E-state index is 13.2. The smallest absolute Gasteiger partial charge is 0.332 e. The Bertz CT molecular complexity index is 837. The van der Waals surface area contributed by atoms with Crippen molar-refractivity contribution in [3.63, 3.8) is 0 Å². The van der Waals surface area contributed by atoms with Gasteiger partial charge in [0.1, 0.15) is 5.69 Å². The topological polar surface area (TPSA) is 4.93 Å². The van der Waals surface area contributed by atoms with Crippen molar-refractivity contribution < 1.29 is 13.2 Å². The lowest BCUT2D eigenvalue weighted by atomic mass is 10.2. The highest BCUT2D eigenvalue weighted by molar-refractivity contribution is 6.35. The molecule has 0 amide bonds. The predicted molar refractivity (Wildman–Crippen MR) is 81.3 cm³/mol. The van der Waals surface area contributed by atoms with E-state index in [0.29, 0.717) is 26.5 Å². The Morgan fingerprint density at radius 2 is 1.77 bits per heavy atom. The molecule has 1 aromatic heterocycles. The average Bonchev–Trinajstić information content (AvgIpc) is 2.81. The van der Waals surface area contributed by atoms with E-state index >= 15 is 0 Å². The molecule has 1 radical (unpaired) electrons. The molecule has 0 unspecified atom stereocenters. The van der Waals surface area contributed by atoms with Crippen LogP contribution in [0.2, 0.25) is 10.0 Å². The molecule has 0 fully saturated rings. The Balaban J connectivity index is 2.16. The molecule has 3 rings (SSSR count). The van der Waals surface area contributed by atoms with Crippen LogP contribution in [-0.4, -0.2) is 4.57 Å². The summed E-state index contributed by atoms with van der Waals surface area (Å²) in [4.78, 5) is 0. The number of hydrogen-bond acceptors (Lipinski definition) is 0. The van der Waals surface area contributed by atoms with E-state index in [9.17, 15) is 13.2 Å². The summed E-state index contributed by atoms with van der Waals surface area (Å²) in [6, 6.07) is 13.8. The van der Waals surface area contributed by atoms with Crippen molar-refractivity contribution in [3.05, 3.63) is 69.8 Å². The molecule has 2 aromatic carbocycles. The number of benzene rings is 2. The standard InChI is InChI=1S/C16H9Cl2F3N/c17-12-6-5-11(13(18)8-12)9-22-14-4-2-1-3-10(14)7-15(22)16(19,20)21/h1-6,8H,9H2. The third kappa shape index (κ3) is 2.81. The summed E-state index contributed by atoms with van der Waals surface area (Å²) in [5.41, 5.74) is 0.201. The molecule has 0 atom stereocenters. The van der Waals surface area contributed by atoms with E-state index in [1.807, 2.05) is 0 Å². The minimum absolute atomic E-state index is 0.00510. The van der Waals surface area contributed by atoms with Crippen molar-refractivity contribution in [1.29, 1.82) is 0 Å². The molecule has 0 saturated heterocycles. The van der Waals surface area contributed by atoms with Crippen molar-refractivity contribution in [3.8, 4) is 0 Å². The molecule has 1 heterocycles. The summed E-state index contributed by atoms with van der Waals surface area (Å²) in [7, 11) is 0. The molecule has 0 aliphatic carbocycles. The average molecular weight is 343 g/mol. The number of hydrogen-bond donors (Lipinski definition) is 0. The normalized spacial score (nSPS) is 12.0. The molecule has 6 heteroatoms. The van der Waals surface area contributed by atoms with Gasteiger partial charge in [0, 0.05) is 33.6 Å². The van der Waals surface area contributed by atoms with Gasteiger partial charge in [-0.2, -0.15) is 13.2 Å². The fraction of sp³-hybridized carbons (Fsp3) is 0.125. The molecule has 1 nitrogen and oxygen atoms in total. The highest BCUT2D eigenvalue weighted by Gasteiger charge is 2.35. The van der Waals surface area contributed by atoms with Crippen LogP contribution < -0.4 is 0 Å². The maximum Gasteiger partial charge on any atom is 0.432 e. The van der Waals surface area contributed by atoms with Crippen molar-refractivity contribution in [2.24, 2.45) is 0 Å². The van der Waals surface area contributed by atoms with Gasteiger partial charge in [-0.05, 0) is 23.8 Å². The number of aromatic nitrogens is 1. The van der Waals surface area contributed by atoms with E-state index < -0.39 is 11.9 Å². The lowest BCUT2D eigenvalue weighted by Gasteiger charge is -2.14. The molecule has 0 bridgehead atoms. The molecule has 0 aliphatic rings. The van der Waals surface area contributed by atoms with Gasteiger partial charge < -0.3 is 4.57 Å². The first-order valence-corrected chi connectivity index (χ1v) is 7.13. The zero-order valence-corrected chi connectivity index (χ0v) is 12.6. The number of alkyl halides is 3. The lowest BCUT2D eigenvalue weighted by molar-refractivity contribution is -0.143. The Morgan fingerprint density at radius 3 is 2.45 bits per heavy atom. The molecular weight excluding hydrogens is 334 g/mol. The molecular formula is C16H9Cl2F3N. The first kappa shape index (κ1) is 15.3. The summed E-state index contributed by atoms with van der Waals surface area (Å²) < 4.78 is 40.9. The fourth-order valence-electron chi connectivity index (χ4n) is 2.34. The van der Waals surface area contributed by atoms with Gasteiger partial charge in [0.15, 0.2) is 0 Å². The van der Waals surface area contributed by atoms with Gasteiger partial charge in [-0.25, -0.2) is 0 Å². The van der Waals surface area contributed by atoms with E-state index in [2.05, 4.69) is 6.07 Å². The Hall–Kier alpha value is -1.65. The van der Waals surface area contributed by atoms with Gasteiger partial charge >= 0.3 is 6.18 Å². The van der Waals surface area contributed by atoms with Gasteiger partial charge in [0.05, 0.1) is 0 Å². The van der Waals surface area contributed by atoms with E-state index in [1.54, 1.807) is 36.4 Å². The zero-order valence-electron chi connectivity index (χ0n) is 11.1. The van der Waals surface area contributed by atoms with Gasteiger partial charge in [0.25, 0.3) is 0 Å². The third-order valence-electron chi connectivity index (χ3n) is 3.33. The summed E-state index contributed by atoms with van der Waals surface area (Å²) in [5.74, 6) is 0. The van der Waals surface area contributed by atoms with Crippen molar-refractivity contribution in [2.75, 3.05) is 0 Å². The van der Waals surface area contributed by atoms with Crippen LogP contribution in [-0.2, 0) is 12.7 Å². The molecule has 0 aliphatic heterocycles.